The maximum Gasteiger partial charge on any atom is 0.220 e. The van der Waals surface area contributed by atoms with E-state index in [0.29, 0.717) is 36.0 Å². The minimum Gasteiger partial charge on any atom is -0.393 e. The Balaban J connectivity index is 1.14. The number of carbonyl (C=O) groups is 1. The van der Waals surface area contributed by atoms with E-state index in [2.05, 4.69) is 40.2 Å². The van der Waals surface area contributed by atoms with Crippen LogP contribution in [0.5, 0.6) is 0 Å². The zero-order valence-corrected chi connectivity index (χ0v) is 26.3. The third kappa shape index (κ3) is 5.53. The predicted octanol–water partition coefficient (Wildman–Crippen LogP) is 4.89. The number of rotatable bonds is 9. The van der Waals surface area contributed by atoms with Crippen LogP contribution in [0.1, 0.15) is 111 Å². The molecular formula is C34H61N2O4+. The van der Waals surface area contributed by atoms with E-state index in [4.69, 9.17) is 0 Å². The summed E-state index contributed by atoms with van der Waals surface area (Å²) in [7, 11) is 4.70. The number of aliphatic hydroxyl groups is 3. The van der Waals surface area contributed by atoms with Crippen molar-refractivity contribution in [1.82, 2.24) is 5.32 Å². The third-order valence-electron chi connectivity index (χ3n) is 13.9. The van der Waals surface area contributed by atoms with Crippen molar-refractivity contribution >= 4 is 5.91 Å². The van der Waals surface area contributed by atoms with Crippen molar-refractivity contribution in [2.24, 2.45) is 46.3 Å². The Bertz CT molecular complexity index is 889. The van der Waals surface area contributed by atoms with Gasteiger partial charge in [-0.15, -0.1) is 0 Å². The van der Waals surface area contributed by atoms with Crippen LogP contribution in [0.25, 0.3) is 0 Å². The summed E-state index contributed by atoms with van der Waals surface area (Å²) in [4.78, 5) is 12.8. The number of aliphatic hydroxyl groups excluding tert-OH is 3. The molecule has 40 heavy (non-hydrogen) atoms. The summed E-state index contributed by atoms with van der Waals surface area (Å²) in [5, 5.41) is 36.8. The fraction of sp³-hybridized carbons (Fsp3) is 0.971. The summed E-state index contributed by atoms with van der Waals surface area (Å²) in [6.45, 7) is 8.88. The van der Waals surface area contributed by atoms with Crippen molar-refractivity contribution in [3.05, 3.63) is 0 Å². The van der Waals surface area contributed by atoms with Crippen molar-refractivity contribution in [2.45, 2.75) is 135 Å². The summed E-state index contributed by atoms with van der Waals surface area (Å²) in [5.41, 5.74) is -0.0857. The molecule has 5 saturated carbocycles. The number of quaternary nitrogens is 1. The largest absolute Gasteiger partial charge is 0.393 e. The zero-order valence-electron chi connectivity index (χ0n) is 26.3. The van der Waals surface area contributed by atoms with Gasteiger partial charge in [0, 0.05) is 19.4 Å². The molecular weight excluding hydrogens is 500 g/mol. The van der Waals surface area contributed by atoms with E-state index in [-0.39, 0.29) is 41.0 Å². The van der Waals surface area contributed by atoms with Crippen LogP contribution in [-0.2, 0) is 4.79 Å². The molecule has 0 unspecified atom stereocenters. The van der Waals surface area contributed by atoms with Crippen LogP contribution in [0, 0.1) is 46.3 Å². The minimum absolute atomic E-state index is 0.110. The first-order chi connectivity index (χ1) is 18.9. The third-order valence-corrected chi connectivity index (χ3v) is 13.9. The fourth-order valence-corrected chi connectivity index (χ4v) is 11.3. The first kappa shape index (κ1) is 30.8. The number of nitrogens with one attached hydrogen (secondary N) is 1. The lowest BCUT2D eigenvalue weighted by Gasteiger charge is -2.63. The second-order valence-corrected chi connectivity index (χ2v) is 16.2. The molecule has 5 aliphatic carbocycles. The molecule has 4 N–H and O–H groups in total. The Morgan fingerprint density at radius 3 is 2.42 bits per heavy atom. The molecule has 5 aliphatic rings. The summed E-state index contributed by atoms with van der Waals surface area (Å²) < 4.78 is 1.08. The lowest BCUT2D eigenvalue weighted by Crippen LogP contribution is -2.62. The van der Waals surface area contributed by atoms with E-state index in [0.717, 1.165) is 81.4 Å². The Morgan fingerprint density at radius 2 is 1.70 bits per heavy atom. The van der Waals surface area contributed by atoms with Gasteiger partial charge in [0.1, 0.15) is 0 Å². The molecule has 1 amide bonds. The standard InChI is InChI=1S/C34H60N2O4/c1-22(11-14-31(40)35-17-8-18-36(4,5)24-9-6-7-10-24)26-12-13-27-32-28(21-30(39)34(26,27)3)33(2)16-15-25(37)19-23(33)20-29(32)38/h22-30,32,37-39H,6-21H2,1-5H3/p+1/t22-,23+,25-,26-,27+,28+,29-,30+,32+,33+,34-/m1/s1. The van der Waals surface area contributed by atoms with Gasteiger partial charge in [-0.05, 0) is 123 Å². The monoisotopic (exact) mass is 561 g/mol. The van der Waals surface area contributed by atoms with Crippen LogP contribution in [0.4, 0.5) is 0 Å². The maximum absolute atomic E-state index is 12.8. The average Bonchev–Trinajstić information content (AvgIpc) is 3.57. The SMILES string of the molecule is C[C@H](CCC(=O)NCCC[N+](C)(C)C1CCCC1)[C@H]1CC[C@H]2[C@@H]3[C@H](O)C[C@@H]4C[C@H](O)CC[C@]4(C)[C@H]3C[C@H](O)[C@]12C. The molecule has 230 valence electrons. The molecule has 5 fully saturated rings. The number of carbonyl (C=O) groups excluding carboxylic acids is 1. The molecule has 5 rings (SSSR count). The van der Waals surface area contributed by atoms with Gasteiger partial charge in [0.25, 0.3) is 0 Å². The lowest BCUT2D eigenvalue weighted by atomic mass is 9.43. The number of hydrogen-bond donors (Lipinski definition) is 4. The van der Waals surface area contributed by atoms with Gasteiger partial charge in [0.15, 0.2) is 0 Å². The normalized spacial score (nSPS) is 44.5. The van der Waals surface area contributed by atoms with Crippen molar-refractivity contribution in [1.29, 1.82) is 0 Å². The first-order valence-corrected chi connectivity index (χ1v) is 17.0. The van der Waals surface area contributed by atoms with Gasteiger partial charge in [-0.2, -0.15) is 0 Å². The molecule has 0 aromatic heterocycles. The molecule has 0 heterocycles. The summed E-state index contributed by atoms with van der Waals surface area (Å²) in [5.74, 6) is 2.20. The summed E-state index contributed by atoms with van der Waals surface area (Å²) in [6.07, 6.45) is 13.3. The van der Waals surface area contributed by atoms with Gasteiger partial charge >= 0.3 is 0 Å². The van der Waals surface area contributed by atoms with Gasteiger partial charge < -0.3 is 25.1 Å². The lowest BCUT2D eigenvalue weighted by molar-refractivity contribution is -0.914. The molecule has 6 heteroatoms. The number of hydrogen-bond acceptors (Lipinski definition) is 4. The van der Waals surface area contributed by atoms with E-state index in [9.17, 15) is 20.1 Å². The minimum atomic E-state index is -0.363. The van der Waals surface area contributed by atoms with E-state index in [1.807, 2.05) is 0 Å². The van der Waals surface area contributed by atoms with Crippen LogP contribution < -0.4 is 5.32 Å². The summed E-state index contributed by atoms with van der Waals surface area (Å²) >= 11 is 0. The summed E-state index contributed by atoms with van der Waals surface area (Å²) in [6, 6.07) is 0.785. The number of nitrogens with zero attached hydrogens (tertiary/aromatic N) is 1. The topological polar surface area (TPSA) is 89.8 Å². The van der Waals surface area contributed by atoms with E-state index in [1.165, 1.54) is 25.7 Å². The molecule has 0 bridgehead atoms. The van der Waals surface area contributed by atoms with E-state index >= 15 is 0 Å². The highest BCUT2D eigenvalue weighted by atomic mass is 16.3. The highest BCUT2D eigenvalue weighted by Gasteiger charge is 2.65. The Morgan fingerprint density at radius 1 is 0.975 bits per heavy atom. The molecule has 0 spiro atoms. The maximum atomic E-state index is 12.8. The van der Waals surface area contributed by atoms with Crippen molar-refractivity contribution in [3.8, 4) is 0 Å². The predicted molar refractivity (Wildman–Crippen MR) is 159 cm³/mol. The first-order valence-electron chi connectivity index (χ1n) is 17.0. The smallest absolute Gasteiger partial charge is 0.220 e. The molecule has 11 atom stereocenters. The molecule has 0 aliphatic heterocycles. The van der Waals surface area contributed by atoms with Gasteiger partial charge in [-0.25, -0.2) is 0 Å². The van der Waals surface area contributed by atoms with Crippen LogP contribution in [0.3, 0.4) is 0 Å². The average molecular weight is 562 g/mol. The highest BCUT2D eigenvalue weighted by Crippen LogP contribution is 2.68. The van der Waals surface area contributed by atoms with Crippen molar-refractivity contribution in [3.63, 3.8) is 0 Å². The fourth-order valence-electron chi connectivity index (χ4n) is 11.3. The zero-order chi connectivity index (χ0) is 28.9. The molecule has 0 aromatic carbocycles. The molecule has 0 aromatic rings. The number of fused-ring (bicyclic) bond motifs is 5. The Labute approximate surface area is 244 Å². The van der Waals surface area contributed by atoms with Gasteiger partial charge in [0.05, 0.1) is 45.0 Å². The van der Waals surface area contributed by atoms with Crippen LogP contribution >= 0.6 is 0 Å². The van der Waals surface area contributed by atoms with Crippen molar-refractivity contribution < 1.29 is 24.6 Å². The molecule has 0 saturated heterocycles. The van der Waals surface area contributed by atoms with Gasteiger partial charge in [0.2, 0.25) is 5.91 Å². The highest BCUT2D eigenvalue weighted by molar-refractivity contribution is 5.75. The van der Waals surface area contributed by atoms with Crippen LogP contribution in [0.2, 0.25) is 0 Å². The van der Waals surface area contributed by atoms with Crippen LogP contribution in [-0.4, -0.2) is 77.2 Å². The van der Waals surface area contributed by atoms with E-state index in [1.54, 1.807) is 0 Å². The Kier molecular flexibility index (Phi) is 9.05. The second-order valence-electron chi connectivity index (χ2n) is 16.2. The van der Waals surface area contributed by atoms with Crippen LogP contribution in [0.15, 0.2) is 0 Å². The quantitative estimate of drug-likeness (QED) is 0.238. The Hall–Kier alpha value is -0.690. The second kappa shape index (κ2) is 11.8. The van der Waals surface area contributed by atoms with Gasteiger partial charge in [-0.3, -0.25) is 4.79 Å². The number of amides is 1. The molecule has 6 nitrogen and oxygen atoms in total. The molecule has 0 radical (unpaired) electrons. The van der Waals surface area contributed by atoms with E-state index < -0.39 is 0 Å². The van der Waals surface area contributed by atoms with Crippen molar-refractivity contribution in [2.75, 3.05) is 27.2 Å². The van der Waals surface area contributed by atoms with Gasteiger partial charge in [-0.1, -0.05) is 20.8 Å².